The van der Waals surface area contributed by atoms with Crippen LogP contribution >= 0.6 is 7.60 Å². The van der Waals surface area contributed by atoms with Gasteiger partial charge in [0, 0.05) is 11.8 Å². The van der Waals surface area contributed by atoms with Gasteiger partial charge in [-0.15, -0.1) is 0 Å². The van der Waals surface area contributed by atoms with Crippen LogP contribution < -0.4 is 11.2 Å². The van der Waals surface area contributed by atoms with Gasteiger partial charge in [0.25, 0.3) is 5.56 Å². The molecule has 27 heavy (non-hydrogen) atoms. The Labute approximate surface area is 159 Å². The van der Waals surface area contributed by atoms with E-state index in [2.05, 4.69) is 4.98 Å². The minimum atomic E-state index is -3.45. The fourth-order valence-corrected chi connectivity index (χ4v) is 5.03. The molecule has 1 aromatic rings. The maximum atomic E-state index is 13.1. The summed E-state index contributed by atoms with van der Waals surface area (Å²) in [6.07, 6.45) is 1.48. The average molecular weight is 402 g/mol. The van der Waals surface area contributed by atoms with Gasteiger partial charge in [-0.1, -0.05) is 13.8 Å². The van der Waals surface area contributed by atoms with Gasteiger partial charge in [-0.05, 0) is 46.5 Å². The van der Waals surface area contributed by atoms with E-state index < -0.39 is 24.4 Å². The first kappa shape index (κ1) is 22.1. The van der Waals surface area contributed by atoms with Crippen molar-refractivity contribution in [2.45, 2.75) is 79.2 Å². The lowest BCUT2D eigenvalue weighted by molar-refractivity contribution is 0.00305. The Hall–Kier alpha value is -1.21. The molecule has 0 aromatic carbocycles. The third-order valence-corrected chi connectivity index (χ3v) is 6.62. The normalized spacial score (nSPS) is 21.8. The van der Waals surface area contributed by atoms with E-state index in [4.69, 9.17) is 13.8 Å². The van der Waals surface area contributed by atoms with E-state index in [9.17, 15) is 14.2 Å². The molecule has 9 heteroatoms. The molecule has 0 aliphatic heterocycles. The third-order valence-electron chi connectivity index (χ3n) is 4.69. The van der Waals surface area contributed by atoms with E-state index in [1.807, 2.05) is 13.8 Å². The van der Waals surface area contributed by atoms with Crippen LogP contribution in [0.3, 0.4) is 0 Å². The van der Waals surface area contributed by atoms with Crippen molar-refractivity contribution in [1.29, 1.82) is 0 Å². The number of aryl methyl sites for hydroxylation is 1. The SMILES string of the molecule is Cc1cn(CC2(OCP(=O)(OC(C)C)OC(C)C)CC2(C)C)c(=O)[nH]c1=O. The number of rotatable bonds is 9. The Morgan fingerprint density at radius 3 is 2.15 bits per heavy atom. The molecule has 154 valence electrons. The predicted octanol–water partition coefficient (Wildman–Crippen LogP) is 3.03. The number of nitrogens with zero attached hydrogens (tertiary/aromatic N) is 1. The van der Waals surface area contributed by atoms with Crippen LogP contribution in [0.1, 0.15) is 53.5 Å². The maximum absolute atomic E-state index is 13.1. The maximum Gasteiger partial charge on any atom is 0.356 e. The molecule has 8 nitrogen and oxygen atoms in total. The van der Waals surface area contributed by atoms with Gasteiger partial charge in [-0.3, -0.25) is 18.9 Å². The number of nitrogens with one attached hydrogen (secondary N) is 1. The highest BCUT2D eigenvalue weighted by Crippen LogP contribution is 2.62. The first-order valence-electron chi connectivity index (χ1n) is 9.19. The lowest BCUT2D eigenvalue weighted by atomic mass is 10.1. The van der Waals surface area contributed by atoms with Crippen molar-refractivity contribution in [2.24, 2.45) is 5.41 Å². The summed E-state index contributed by atoms with van der Waals surface area (Å²) in [5, 5.41) is 0. The van der Waals surface area contributed by atoms with Gasteiger partial charge in [0.05, 0.1) is 24.4 Å². The second kappa shape index (κ2) is 7.66. The van der Waals surface area contributed by atoms with Gasteiger partial charge in [0.1, 0.15) is 6.35 Å². The van der Waals surface area contributed by atoms with Gasteiger partial charge in [0.2, 0.25) is 0 Å². The highest BCUT2D eigenvalue weighted by molar-refractivity contribution is 7.53. The van der Waals surface area contributed by atoms with Gasteiger partial charge < -0.3 is 13.8 Å². The van der Waals surface area contributed by atoms with E-state index in [0.717, 1.165) is 0 Å². The lowest BCUT2D eigenvalue weighted by Crippen LogP contribution is -2.37. The van der Waals surface area contributed by atoms with Crippen molar-refractivity contribution < 1.29 is 18.3 Å². The van der Waals surface area contributed by atoms with Crippen molar-refractivity contribution in [1.82, 2.24) is 9.55 Å². The van der Waals surface area contributed by atoms with Crippen molar-refractivity contribution in [2.75, 3.05) is 6.35 Å². The van der Waals surface area contributed by atoms with Gasteiger partial charge >= 0.3 is 13.3 Å². The molecule has 1 atom stereocenters. The molecule has 1 aromatic heterocycles. The number of aromatic amines is 1. The second-order valence-electron chi connectivity index (χ2n) is 8.45. The Balaban J connectivity index is 2.23. The molecule has 1 fully saturated rings. The molecule has 0 saturated heterocycles. The van der Waals surface area contributed by atoms with Crippen LogP contribution in [0.2, 0.25) is 0 Å². The molecule has 1 aliphatic carbocycles. The predicted molar refractivity (Wildman–Crippen MR) is 103 cm³/mol. The van der Waals surface area contributed by atoms with Crippen LogP contribution in [0, 0.1) is 12.3 Å². The number of hydrogen-bond acceptors (Lipinski definition) is 6. The zero-order valence-electron chi connectivity index (χ0n) is 17.2. The minimum Gasteiger partial charge on any atom is -0.360 e. The minimum absolute atomic E-state index is 0.191. The molecule has 0 radical (unpaired) electrons. The highest BCUT2D eigenvalue weighted by Gasteiger charge is 2.63. The van der Waals surface area contributed by atoms with Crippen LogP contribution in [0.25, 0.3) is 0 Å². The summed E-state index contributed by atoms with van der Waals surface area (Å²) in [6, 6.07) is 0. The molecule has 2 rings (SSSR count). The molecule has 0 bridgehead atoms. The summed E-state index contributed by atoms with van der Waals surface area (Å²) < 4.78 is 31.7. The topological polar surface area (TPSA) is 99.6 Å². The molecule has 1 N–H and O–H groups in total. The molecule has 1 aliphatic rings. The Morgan fingerprint density at radius 1 is 1.19 bits per heavy atom. The summed E-state index contributed by atoms with van der Waals surface area (Å²) in [7, 11) is -3.45. The molecular weight excluding hydrogens is 371 g/mol. The van der Waals surface area contributed by atoms with Crippen molar-refractivity contribution in [3.05, 3.63) is 32.6 Å². The lowest BCUT2D eigenvalue weighted by Gasteiger charge is -2.27. The fourth-order valence-electron chi connectivity index (χ4n) is 3.17. The molecule has 0 spiro atoms. The summed E-state index contributed by atoms with van der Waals surface area (Å²) in [4.78, 5) is 26.0. The number of aromatic nitrogens is 2. The van der Waals surface area contributed by atoms with Crippen LogP contribution in [0.4, 0.5) is 0 Å². The summed E-state index contributed by atoms with van der Waals surface area (Å²) in [6.45, 7) is 13.1. The standard InChI is InChI=1S/C18H31N2O6P/c1-12(2)25-27(23,26-13(3)4)11-24-18(9-17(18,6)7)10-20-8-14(5)15(21)19-16(20)22/h8,12-13H,9-11H2,1-7H3,(H,19,21,22). The van der Waals surface area contributed by atoms with Crippen LogP contribution in [-0.4, -0.2) is 33.7 Å². The largest absolute Gasteiger partial charge is 0.360 e. The van der Waals surface area contributed by atoms with E-state index in [1.54, 1.807) is 34.6 Å². The molecule has 1 saturated carbocycles. The zero-order chi connectivity index (χ0) is 20.6. The smallest absolute Gasteiger partial charge is 0.356 e. The van der Waals surface area contributed by atoms with Crippen LogP contribution in [0.5, 0.6) is 0 Å². The van der Waals surface area contributed by atoms with E-state index in [1.165, 1.54) is 10.8 Å². The number of hydrogen-bond donors (Lipinski definition) is 1. The zero-order valence-corrected chi connectivity index (χ0v) is 18.1. The summed E-state index contributed by atoms with van der Waals surface area (Å²) in [5.74, 6) is 0. The van der Waals surface area contributed by atoms with Gasteiger partial charge in [-0.2, -0.15) is 0 Å². The number of H-pyrrole nitrogens is 1. The van der Waals surface area contributed by atoms with Gasteiger partial charge in [0.15, 0.2) is 0 Å². The van der Waals surface area contributed by atoms with Crippen molar-refractivity contribution in [3.8, 4) is 0 Å². The summed E-state index contributed by atoms with van der Waals surface area (Å²) in [5.41, 5.74) is -1.34. The van der Waals surface area contributed by atoms with E-state index in [-0.39, 0.29) is 30.5 Å². The van der Waals surface area contributed by atoms with Crippen molar-refractivity contribution in [3.63, 3.8) is 0 Å². The first-order chi connectivity index (χ1) is 12.3. The Morgan fingerprint density at radius 2 is 1.70 bits per heavy atom. The summed E-state index contributed by atoms with van der Waals surface area (Å²) >= 11 is 0. The van der Waals surface area contributed by atoms with Crippen molar-refractivity contribution >= 4 is 7.60 Å². The molecule has 0 amide bonds. The molecule has 1 unspecified atom stereocenters. The highest BCUT2D eigenvalue weighted by atomic mass is 31.2. The molecule has 1 heterocycles. The first-order valence-corrected chi connectivity index (χ1v) is 10.9. The number of ether oxygens (including phenoxy) is 1. The fraction of sp³-hybridized carbons (Fsp3) is 0.778. The van der Waals surface area contributed by atoms with E-state index >= 15 is 0 Å². The van der Waals surface area contributed by atoms with E-state index in [0.29, 0.717) is 12.0 Å². The molecular formula is C18H31N2O6P. The van der Waals surface area contributed by atoms with Crippen LogP contribution in [0.15, 0.2) is 15.8 Å². The average Bonchev–Trinajstić information content (AvgIpc) is 3.02. The quantitative estimate of drug-likeness (QED) is 0.638. The third kappa shape index (κ3) is 5.19. The van der Waals surface area contributed by atoms with Gasteiger partial charge in [-0.25, -0.2) is 4.79 Å². The Bertz CT molecular complexity index is 827. The second-order valence-corrected chi connectivity index (χ2v) is 10.3. The monoisotopic (exact) mass is 402 g/mol. The Kier molecular flexibility index (Phi) is 6.27. The van der Waals surface area contributed by atoms with Crippen LogP contribution in [-0.2, 0) is 24.9 Å².